The highest BCUT2D eigenvalue weighted by Crippen LogP contribution is 2.39. The molecule has 1 aliphatic carbocycles. The van der Waals surface area contributed by atoms with Gasteiger partial charge in [0.15, 0.2) is 0 Å². The fraction of sp³-hybridized carbons (Fsp3) is 0.533. The Hall–Kier alpha value is -0.960. The quantitative estimate of drug-likeness (QED) is 0.830. The van der Waals surface area contributed by atoms with Gasteiger partial charge < -0.3 is 4.90 Å². The molecule has 1 heterocycles. The molecule has 1 aromatic carbocycles. The maximum absolute atomic E-state index is 12.0. The maximum atomic E-state index is 12.0. The normalized spacial score (nSPS) is 25.5. The van der Waals surface area contributed by atoms with Crippen molar-refractivity contribution in [2.45, 2.75) is 31.1 Å². The molecule has 1 amide bonds. The van der Waals surface area contributed by atoms with E-state index in [1.54, 1.807) is 0 Å². The highest BCUT2D eigenvalue weighted by Gasteiger charge is 2.38. The standard InChI is InChI=1S/C15H19NOS/c1-11(13-5-3-2-4-6-13)15-16(9-12-7-8-12)14(17)10-18-15/h2-6,11-12,15H,7-10H2,1H3. The molecule has 3 rings (SSSR count). The van der Waals surface area contributed by atoms with Gasteiger partial charge in [-0.25, -0.2) is 0 Å². The number of carbonyl (C=O) groups excluding carboxylic acids is 1. The number of hydrogen-bond donors (Lipinski definition) is 0. The highest BCUT2D eigenvalue weighted by atomic mass is 32.2. The van der Waals surface area contributed by atoms with E-state index < -0.39 is 0 Å². The second-order valence-electron chi connectivity index (χ2n) is 5.39. The van der Waals surface area contributed by atoms with Crippen LogP contribution in [0.5, 0.6) is 0 Å². The molecule has 0 spiro atoms. The summed E-state index contributed by atoms with van der Waals surface area (Å²) < 4.78 is 0. The summed E-state index contributed by atoms with van der Waals surface area (Å²) in [4.78, 5) is 14.1. The van der Waals surface area contributed by atoms with Crippen molar-refractivity contribution in [1.82, 2.24) is 4.90 Å². The second kappa shape index (κ2) is 4.96. The molecule has 96 valence electrons. The minimum absolute atomic E-state index is 0.333. The van der Waals surface area contributed by atoms with Crippen molar-refractivity contribution in [1.29, 1.82) is 0 Å². The third kappa shape index (κ3) is 2.41. The van der Waals surface area contributed by atoms with Crippen molar-refractivity contribution in [3.63, 3.8) is 0 Å². The van der Waals surface area contributed by atoms with Crippen LogP contribution in [0, 0.1) is 5.92 Å². The lowest BCUT2D eigenvalue weighted by Crippen LogP contribution is -2.37. The lowest BCUT2D eigenvalue weighted by Gasteiger charge is -2.29. The Balaban J connectivity index is 1.75. The number of nitrogens with zero attached hydrogens (tertiary/aromatic N) is 1. The van der Waals surface area contributed by atoms with Crippen LogP contribution in [-0.4, -0.2) is 28.5 Å². The van der Waals surface area contributed by atoms with Crippen LogP contribution < -0.4 is 0 Å². The molecule has 2 nitrogen and oxygen atoms in total. The topological polar surface area (TPSA) is 20.3 Å². The summed E-state index contributed by atoms with van der Waals surface area (Å²) in [5, 5.41) is 0.334. The van der Waals surface area contributed by atoms with Crippen molar-refractivity contribution < 1.29 is 4.79 Å². The van der Waals surface area contributed by atoms with Gasteiger partial charge in [-0.3, -0.25) is 4.79 Å². The van der Waals surface area contributed by atoms with E-state index in [4.69, 9.17) is 0 Å². The zero-order valence-electron chi connectivity index (χ0n) is 10.7. The monoisotopic (exact) mass is 261 g/mol. The molecule has 2 atom stereocenters. The Kier molecular flexibility index (Phi) is 3.33. The summed E-state index contributed by atoms with van der Waals surface area (Å²) in [6.45, 7) is 3.22. The van der Waals surface area contributed by atoms with Gasteiger partial charge in [0.25, 0.3) is 0 Å². The van der Waals surface area contributed by atoms with Crippen LogP contribution in [0.2, 0.25) is 0 Å². The Morgan fingerprint density at radius 2 is 2.06 bits per heavy atom. The van der Waals surface area contributed by atoms with Gasteiger partial charge in [0.1, 0.15) is 0 Å². The summed E-state index contributed by atoms with van der Waals surface area (Å²) in [5.41, 5.74) is 1.34. The lowest BCUT2D eigenvalue weighted by molar-refractivity contribution is -0.128. The van der Waals surface area contributed by atoms with E-state index in [2.05, 4.69) is 36.1 Å². The SMILES string of the molecule is CC(c1ccccc1)C1SCC(=O)N1CC1CC1. The molecule has 2 unspecified atom stereocenters. The molecule has 0 bridgehead atoms. The van der Waals surface area contributed by atoms with E-state index in [0.717, 1.165) is 12.5 Å². The minimum Gasteiger partial charge on any atom is -0.329 e. The molecule has 18 heavy (non-hydrogen) atoms. The Labute approximate surface area is 113 Å². The molecular formula is C15H19NOS. The molecule has 1 aromatic rings. The summed E-state index contributed by atoms with van der Waals surface area (Å²) >= 11 is 1.81. The summed E-state index contributed by atoms with van der Waals surface area (Å²) in [6, 6.07) is 10.6. The summed E-state index contributed by atoms with van der Waals surface area (Å²) in [7, 11) is 0. The minimum atomic E-state index is 0.333. The van der Waals surface area contributed by atoms with E-state index in [0.29, 0.717) is 23.0 Å². The average molecular weight is 261 g/mol. The van der Waals surface area contributed by atoms with E-state index in [-0.39, 0.29) is 0 Å². The maximum Gasteiger partial charge on any atom is 0.233 e. The number of amides is 1. The Bertz CT molecular complexity index is 429. The number of benzene rings is 1. The zero-order chi connectivity index (χ0) is 12.5. The lowest BCUT2D eigenvalue weighted by atomic mass is 10.0. The van der Waals surface area contributed by atoms with E-state index in [9.17, 15) is 4.79 Å². The molecule has 2 aliphatic rings. The van der Waals surface area contributed by atoms with Gasteiger partial charge >= 0.3 is 0 Å². The van der Waals surface area contributed by atoms with Crippen LogP contribution >= 0.6 is 11.8 Å². The van der Waals surface area contributed by atoms with Crippen molar-refractivity contribution in [3.05, 3.63) is 35.9 Å². The molecule has 3 heteroatoms. The Morgan fingerprint density at radius 3 is 2.72 bits per heavy atom. The van der Waals surface area contributed by atoms with Gasteiger partial charge in [-0.1, -0.05) is 37.3 Å². The molecule has 1 saturated carbocycles. The molecule has 0 radical (unpaired) electrons. The molecular weight excluding hydrogens is 242 g/mol. The van der Waals surface area contributed by atoms with Gasteiger partial charge in [-0.2, -0.15) is 0 Å². The van der Waals surface area contributed by atoms with E-state index in [1.807, 2.05) is 17.8 Å². The van der Waals surface area contributed by atoms with Crippen molar-refractivity contribution in [3.8, 4) is 0 Å². The number of hydrogen-bond acceptors (Lipinski definition) is 2. The first kappa shape index (κ1) is 12.1. The van der Waals surface area contributed by atoms with Crippen molar-refractivity contribution >= 4 is 17.7 Å². The van der Waals surface area contributed by atoms with Gasteiger partial charge in [-0.15, -0.1) is 11.8 Å². The largest absolute Gasteiger partial charge is 0.329 e. The summed E-state index contributed by atoms with van der Waals surface area (Å²) in [5.74, 6) is 2.19. The van der Waals surface area contributed by atoms with Crippen LogP contribution in [0.4, 0.5) is 0 Å². The van der Waals surface area contributed by atoms with Crippen molar-refractivity contribution in [2.24, 2.45) is 5.92 Å². The van der Waals surface area contributed by atoms with Gasteiger partial charge in [0.05, 0.1) is 11.1 Å². The van der Waals surface area contributed by atoms with Crippen LogP contribution in [0.1, 0.15) is 31.2 Å². The van der Waals surface area contributed by atoms with Gasteiger partial charge in [-0.05, 0) is 24.3 Å². The molecule has 1 saturated heterocycles. The molecule has 2 fully saturated rings. The smallest absolute Gasteiger partial charge is 0.233 e. The fourth-order valence-electron chi connectivity index (χ4n) is 2.59. The van der Waals surface area contributed by atoms with E-state index in [1.165, 1.54) is 18.4 Å². The third-order valence-electron chi connectivity index (χ3n) is 3.91. The van der Waals surface area contributed by atoms with Crippen LogP contribution in [-0.2, 0) is 4.79 Å². The summed E-state index contributed by atoms with van der Waals surface area (Å²) in [6.07, 6.45) is 2.61. The number of rotatable bonds is 4. The number of carbonyl (C=O) groups is 1. The predicted molar refractivity (Wildman–Crippen MR) is 75.5 cm³/mol. The Morgan fingerprint density at radius 1 is 1.33 bits per heavy atom. The van der Waals surface area contributed by atoms with Crippen molar-refractivity contribution in [2.75, 3.05) is 12.3 Å². The van der Waals surface area contributed by atoms with E-state index >= 15 is 0 Å². The van der Waals surface area contributed by atoms with Gasteiger partial charge in [0, 0.05) is 12.5 Å². The number of thioether (sulfide) groups is 1. The first-order valence-corrected chi connectivity index (χ1v) is 7.76. The zero-order valence-corrected chi connectivity index (χ0v) is 11.5. The first-order valence-electron chi connectivity index (χ1n) is 6.71. The second-order valence-corrected chi connectivity index (χ2v) is 6.50. The fourth-order valence-corrected chi connectivity index (χ4v) is 3.90. The third-order valence-corrected chi connectivity index (χ3v) is 5.33. The predicted octanol–water partition coefficient (Wildman–Crippen LogP) is 3.10. The molecule has 1 aliphatic heterocycles. The van der Waals surface area contributed by atoms with Crippen LogP contribution in [0.3, 0.4) is 0 Å². The van der Waals surface area contributed by atoms with Crippen LogP contribution in [0.25, 0.3) is 0 Å². The van der Waals surface area contributed by atoms with Gasteiger partial charge in [0.2, 0.25) is 5.91 Å². The average Bonchev–Trinajstić information content (AvgIpc) is 3.15. The first-order chi connectivity index (χ1) is 8.75. The van der Waals surface area contributed by atoms with Crippen LogP contribution in [0.15, 0.2) is 30.3 Å². The molecule has 0 N–H and O–H groups in total. The molecule has 0 aromatic heterocycles. The highest BCUT2D eigenvalue weighted by molar-refractivity contribution is 8.01.